The number of carbonyl (C=O) groups excluding carboxylic acids is 2. The molecule has 6 nitrogen and oxygen atoms in total. The predicted molar refractivity (Wildman–Crippen MR) is 79.1 cm³/mol. The molecule has 1 aromatic rings. The summed E-state index contributed by atoms with van der Waals surface area (Å²) in [6.45, 7) is 3.72. The molecule has 2 fully saturated rings. The van der Waals surface area contributed by atoms with Gasteiger partial charge in [0.2, 0.25) is 11.8 Å². The van der Waals surface area contributed by atoms with Crippen LogP contribution in [0.25, 0.3) is 0 Å². The third-order valence-electron chi connectivity index (χ3n) is 4.81. The highest BCUT2D eigenvalue weighted by molar-refractivity contribution is 6.24. The molecule has 2 N–H and O–H groups in total. The number of para-hydroxylation sites is 1. The number of imide groups is 1. The monoisotopic (exact) mass is 302 g/mol. The van der Waals surface area contributed by atoms with E-state index in [9.17, 15) is 19.5 Å². The number of hydrogen-bond donors (Lipinski definition) is 2. The highest BCUT2D eigenvalue weighted by Gasteiger charge is 2.66. The Labute approximate surface area is 128 Å². The number of aliphatic carboxylic acids is 1. The molecule has 2 aliphatic heterocycles. The Morgan fingerprint density at radius 1 is 1.27 bits per heavy atom. The van der Waals surface area contributed by atoms with Crippen molar-refractivity contribution < 1.29 is 19.5 Å². The Kier molecular flexibility index (Phi) is 3.29. The molecule has 0 radical (unpaired) electrons. The van der Waals surface area contributed by atoms with Crippen molar-refractivity contribution in [2.45, 2.75) is 19.4 Å². The van der Waals surface area contributed by atoms with Crippen molar-refractivity contribution in [3.8, 4) is 0 Å². The summed E-state index contributed by atoms with van der Waals surface area (Å²) in [5.74, 6) is -3.62. The molecule has 6 heteroatoms. The zero-order valence-electron chi connectivity index (χ0n) is 12.4. The molecular formula is C16H18N2O4. The summed E-state index contributed by atoms with van der Waals surface area (Å²) < 4.78 is 0. The number of benzene rings is 1. The quantitative estimate of drug-likeness (QED) is 0.809. The zero-order chi connectivity index (χ0) is 16.1. The van der Waals surface area contributed by atoms with E-state index in [1.165, 1.54) is 0 Å². The van der Waals surface area contributed by atoms with Crippen LogP contribution in [0.4, 0.5) is 5.69 Å². The van der Waals surface area contributed by atoms with Crippen LogP contribution in [0.3, 0.4) is 0 Å². The van der Waals surface area contributed by atoms with Gasteiger partial charge in [-0.2, -0.15) is 0 Å². The van der Waals surface area contributed by atoms with E-state index in [2.05, 4.69) is 5.32 Å². The van der Waals surface area contributed by atoms with E-state index in [-0.39, 0.29) is 18.4 Å². The van der Waals surface area contributed by atoms with Gasteiger partial charge >= 0.3 is 5.97 Å². The normalized spacial score (nSPS) is 31.0. The molecule has 0 aliphatic carbocycles. The van der Waals surface area contributed by atoms with Gasteiger partial charge in [0.25, 0.3) is 0 Å². The van der Waals surface area contributed by atoms with Gasteiger partial charge in [-0.25, -0.2) is 4.90 Å². The number of carboxylic acid groups (broad SMARTS) is 1. The lowest BCUT2D eigenvalue weighted by atomic mass is 9.74. The fraction of sp³-hybridized carbons (Fsp3) is 0.438. The van der Waals surface area contributed by atoms with Crippen LogP contribution in [0.15, 0.2) is 30.3 Å². The van der Waals surface area contributed by atoms with Crippen LogP contribution in [0.5, 0.6) is 0 Å². The van der Waals surface area contributed by atoms with Gasteiger partial charge in [0.05, 0.1) is 17.5 Å². The lowest BCUT2D eigenvalue weighted by Gasteiger charge is -2.33. The third kappa shape index (κ3) is 1.73. The van der Waals surface area contributed by atoms with Gasteiger partial charge in [0.1, 0.15) is 5.54 Å². The number of anilines is 1. The predicted octanol–water partition coefficient (Wildman–Crippen LogP) is 0.875. The number of nitrogens with zero attached hydrogens (tertiary/aromatic N) is 1. The first-order chi connectivity index (χ1) is 10.4. The van der Waals surface area contributed by atoms with Gasteiger partial charge < -0.3 is 10.4 Å². The average molecular weight is 302 g/mol. The average Bonchev–Trinajstić information content (AvgIpc) is 2.99. The Balaban J connectivity index is 2.06. The van der Waals surface area contributed by atoms with Crippen LogP contribution in [0, 0.1) is 17.8 Å². The molecule has 1 aromatic carbocycles. The highest BCUT2D eigenvalue weighted by atomic mass is 16.4. The van der Waals surface area contributed by atoms with Crippen LogP contribution >= 0.6 is 0 Å². The van der Waals surface area contributed by atoms with Crippen molar-refractivity contribution in [1.29, 1.82) is 0 Å². The Morgan fingerprint density at radius 3 is 2.45 bits per heavy atom. The SMILES string of the molecule is CC(C)[C@@]1(C(=O)O)NC[C@H]2C(=O)N(c3ccccc3)C(=O)[C@H]21. The molecule has 0 unspecified atom stereocenters. The van der Waals surface area contributed by atoms with Crippen molar-refractivity contribution in [2.75, 3.05) is 11.4 Å². The molecule has 3 atom stereocenters. The van der Waals surface area contributed by atoms with Crippen molar-refractivity contribution in [3.05, 3.63) is 30.3 Å². The lowest BCUT2D eigenvalue weighted by Crippen LogP contribution is -2.59. The second-order valence-corrected chi connectivity index (χ2v) is 6.14. The smallest absolute Gasteiger partial charge is 0.325 e. The fourth-order valence-corrected chi connectivity index (χ4v) is 3.68. The summed E-state index contributed by atoms with van der Waals surface area (Å²) in [5.41, 5.74) is -0.893. The van der Waals surface area contributed by atoms with Gasteiger partial charge in [-0.1, -0.05) is 32.0 Å². The van der Waals surface area contributed by atoms with E-state index in [4.69, 9.17) is 0 Å². The number of carboxylic acids is 1. The second kappa shape index (κ2) is 4.91. The molecule has 2 heterocycles. The van der Waals surface area contributed by atoms with Crippen LogP contribution in [0.2, 0.25) is 0 Å². The lowest BCUT2D eigenvalue weighted by molar-refractivity contribution is -0.151. The Bertz CT molecular complexity index is 643. The summed E-state index contributed by atoms with van der Waals surface area (Å²) in [6, 6.07) is 8.65. The van der Waals surface area contributed by atoms with E-state index < -0.39 is 29.3 Å². The second-order valence-electron chi connectivity index (χ2n) is 6.14. The molecule has 22 heavy (non-hydrogen) atoms. The van der Waals surface area contributed by atoms with Gasteiger partial charge in [-0.3, -0.25) is 14.4 Å². The Hall–Kier alpha value is -2.21. The van der Waals surface area contributed by atoms with Crippen LogP contribution in [-0.2, 0) is 14.4 Å². The molecule has 2 amide bonds. The molecule has 0 spiro atoms. The summed E-state index contributed by atoms with van der Waals surface area (Å²) in [6.07, 6.45) is 0. The number of carbonyl (C=O) groups is 3. The molecule has 0 saturated carbocycles. The first kappa shape index (κ1) is 14.7. The maximum absolute atomic E-state index is 12.8. The number of nitrogens with one attached hydrogen (secondary N) is 1. The summed E-state index contributed by atoms with van der Waals surface area (Å²) in [4.78, 5) is 38.4. The van der Waals surface area contributed by atoms with Crippen LogP contribution in [0.1, 0.15) is 13.8 Å². The standard InChI is InChI=1S/C16H18N2O4/c1-9(2)16(15(21)22)12-11(8-17-16)13(19)18(14(12)20)10-6-4-3-5-7-10/h3-7,9,11-12,17H,8H2,1-2H3,(H,21,22)/t11-,12+,16-/m1/s1. The van der Waals surface area contributed by atoms with Crippen molar-refractivity contribution >= 4 is 23.5 Å². The summed E-state index contributed by atoms with van der Waals surface area (Å²) in [7, 11) is 0. The van der Waals surface area contributed by atoms with E-state index in [0.717, 1.165) is 4.90 Å². The number of amides is 2. The van der Waals surface area contributed by atoms with Crippen molar-refractivity contribution in [2.24, 2.45) is 17.8 Å². The van der Waals surface area contributed by atoms with Crippen LogP contribution < -0.4 is 10.2 Å². The molecular weight excluding hydrogens is 284 g/mol. The highest BCUT2D eigenvalue weighted by Crippen LogP contribution is 2.44. The first-order valence-corrected chi connectivity index (χ1v) is 7.32. The third-order valence-corrected chi connectivity index (χ3v) is 4.81. The number of hydrogen-bond acceptors (Lipinski definition) is 4. The van der Waals surface area contributed by atoms with E-state index in [1.807, 2.05) is 0 Å². The first-order valence-electron chi connectivity index (χ1n) is 7.32. The van der Waals surface area contributed by atoms with Crippen molar-refractivity contribution in [3.63, 3.8) is 0 Å². The van der Waals surface area contributed by atoms with Crippen LogP contribution in [-0.4, -0.2) is 35.0 Å². The summed E-state index contributed by atoms with van der Waals surface area (Å²) >= 11 is 0. The number of rotatable bonds is 3. The molecule has 2 saturated heterocycles. The van der Waals surface area contributed by atoms with Gasteiger partial charge in [-0.15, -0.1) is 0 Å². The molecule has 3 rings (SSSR count). The topological polar surface area (TPSA) is 86.7 Å². The van der Waals surface area contributed by atoms with Gasteiger partial charge in [0, 0.05) is 6.54 Å². The Morgan fingerprint density at radius 2 is 1.91 bits per heavy atom. The minimum Gasteiger partial charge on any atom is -0.480 e. The van der Waals surface area contributed by atoms with Gasteiger partial charge in [-0.05, 0) is 18.1 Å². The largest absolute Gasteiger partial charge is 0.480 e. The van der Waals surface area contributed by atoms with E-state index >= 15 is 0 Å². The minimum absolute atomic E-state index is 0.211. The van der Waals surface area contributed by atoms with Gasteiger partial charge in [0.15, 0.2) is 0 Å². The molecule has 0 aromatic heterocycles. The minimum atomic E-state index is -1.39. The zero-order valence-corrected chi connectivity index (χ0v) is 12.4. The fourth-order valence-electron chi connectivity index (χ4n) is 3.68. The molecule has 0 bridgehead atoms. The number of fused-ring (bicyclic) bond motifs is 1. The van der Waals surface area contributed by atoms with E-state index in [0.29, 0.717) is 5.69 Å². The maximum atomic E-state index is 12.8. The molecule has 116 valence electrons. The molecule has 2 aliphatic rings. The van der Waals surface area contributed by atoms with Crippen molar-refractivity contribution in [1.82, 2.24) is 5.32 Å². The summed E-state index contributed by atoms with van der Waals surface area (Å²) in [5, 5.41) is 12.6. The maximum Gasteiger partial charge on any atom is 0.325 e. The van der Waals surface area contributed by atoms with E-state index in [1.54, 1.807) is 44.2 Å².